The molecule has 0 unspecified atom stereocenters. The largest absolute Gasteiger partial charge is 0.573 e. The number of pyridine rings is 1. The van der Waals surface area contributed by atoms with Gasteiger partial charge < -0.3 is 23.2 Å². The lowest BCUT2D eigenvalue weighted by Gasteiger charge is -2.15. The van der Waals surface area contributed by atoms with Crippen molar-refractivity contribution in [3.05, 3.63) is 36.2 Å². The van der Waals surface area contributed by atoms with Crippen LogP contribution < -0.4 is 18.9 Å². The number of halogens is 4. The molecule has 0 aliphatic carbocycles. The predicted octanol–water partition coefficient (Wildman–Crippen LogP) is 4.10. The highest BCUT2D eigenvalue weighted by Gasteiger charge is 2.31. The van der Waals surface area contributed by atoms with Crippen LogP contribution in [-0.2, 0) is 4.29 Å². The zero-order chi connectivity index (χ0) is 19.3. The van der Waals surface area contributed by atoms with Crippen molar-refractivity contribution in [2.45, 2.75) is 6.36 Å². The number of hydrogen-bond acceptors (Lipinski definition) is 7. The molecule has 0 aliphatic heterocycles. The monoisotopic (exact) mass is 393 g/mol. The van der Waals surface area contributed by atoms with E-state index >= 15 is 0 Å². The standard InChI is InChI=1S/C15H11ClF3NO6/c1-22-10-5-8(25-15(17,18)19)3-4-9(10)24-12-7-20-6-11(23-2)13(12)14(21)26-16/h3-7H,1-2H3. The Morgan fingerprint density at radius 2 is 1.69 bits per heavy atom. The van der Waals surface area contributed by atoms with Gasteiger partial charge in [-0.1, -0.05) is 0 Å². The molecule has 1 heterocycles. The quantitative estimate of drug-likeness (QED) is 0.731. The maximum Gasteiger partial charge on any atom is 0.573 e. The maximum absolute atomic E-state index is 12.3. The smallest absolute Gasteiger partial charge is 0.494 e. The van der Waals surface area contributed by atoms with Crippen LogP contribution in [0, 0.1) is 0 Å². The van der Waals surface area contributed by atoms with E-state index in [0.29, 0.717) is 0 Å². The molecule has 140 valence electrons. The molecular weight excluding hydrogens is 383 g/mol. The van der Waals surface area contributed by atoms with Crippen molar-refractivity contribution in [2.24, 2.45) is 0 Å². The van der Waals surface area contributed by atoms with E-state index in [-0.39, 0.29) is 28.6 Å². The van der Waals surface area contributed by atoms with Crippen molar-refractivity contribution in [1.29, 1.82) is 0 Å². The van der Waals surface area contributed by atoms with E-state index < -0.39 is 18.1 Å². The molecule has 11 heteroatoms. The van der Waals surface area contributed by atoms with Crippen LogP contribution in [0.4, 0.5) is 13.2 Å². The number of carbonyl (C=O) groups excluding carboxylic acids is 1. The molecule has 0 saturated heterocycles. The van der Waals surface area contributed by atoms with Crippen LogP contribution in [0.2, 0.25) is 0 Å². The van der Waals surface area contributed by atoms with Crippen LogP contribution in [0.3, 0.4) is 0 Å². The van der Waals surface area contributed by atoms with Gasteiger partial charge in [0.2, 0.25) is 0 Å². The van der Waals surface area contributed by atoms with Gasteiger partial charge in [0.05, 0.1) is 26.6 Å². The fraction of sp³-hybridized carbons (Fsp3) is 0.200. The molecule has 0 amide bonds. The second kappa shape index (κ2) is 8.00. The van der Waals surface area contributed by atoms with Gasteiger partial charge in [0, 0.05) is 6.07 Å². The topological polar surface area (TPSA) is 76.1 Å². The third kappa shape index (κ3) is 4.60. The van der Waals surface area contributed by atoms with Gasteiger partial charge in [-0.25, -0.2) is 4.79 Å². The van der Waals surface area contributed by atoms with Gasteiger partial charge in [-0.05, 0) is 12.1 Å². The minimum Gasteiger partial charge on any atom is -0.494 e. The molecule has 0 atom stereocenters. The maximum atomic E-state index is 12.3. The molecular formula is C15H11ClF3NO6. The van der Waals surface area contributed by atoms with Crippen LogP contribution in [0.15, 0.2) is 30.6 Å². The summed E-state index contributed by atoms with van der Waals surface area (Å²) in [6, 6.07) is 3.14. The summed E-state index contributed by atoms with van der Waals surface area (Å²) in [6.07, 6.45) is -2.46. The number of carbonyl (C=O) groups is 1. The van der Waals surface area contributed by atoms with Crippen LogP contribution >= 0.6 is 11.9 Å². The Hall–Kier alpha value is -2.88. The van der Waals surface area contributed by atoms with Crippen molar-refractivity contribution in [3.8, 4) is 28.7 Å². The van der Waals surface area contributed by atoms with Gasteiger partial charge in [0.15, 0.2) is 23.0 Å². The third-order valence-electron chi connectivity index (χ3n) is 2.96. The van der Waals surface area contributed by atoms with Crippen LogP contribution in [0.1, 0.15) is 10.4 Å². The van der Waals surface area contributed by atoms with Gasteiger partial charge in [-0.2, -0.15) is 0 Å². The highest BCUT2D eigenvalue weighted by molar-refractivity contribution is 6.16. The molecule has 0 aliphatic rings. The molecule has 0 fully saturated rings. The molecule has 0 radical (unpaired) electrons. The number of hydrogen-bond donors (Lipinski definition) is 0. The molecule has 0 saturated carbocycles. The van der Waals surface area contributed by atoms with E-state index in [4.69, 9.17) is 26.1 Å². The molecule has 0 bridgehead atoms. The summed E-state index contributed by atoms with van der Waals surface area (Å²) >= 11 is 5.10. The lowest BCUT2D eigenvalue weighted by Crippen LogP contribution is -2.17. The number of ether oxygens (including phenoxy) is 4. The summed E-state index contributed by atoms with van der Waals surface area (Å²) in [5.74, 6) is -1.68. The van der Waals surface area contributed by atoms with Crippen LogP contribution in [0.25, 0.3) is 0 Å². The summed E-state index contributed by atoms with van der Waals surface area (Å²) in [7, 11) is 2.51. The molecule has 1 aromatic heterocycles. The molecule has 2 aromatic rings. The highest BCUT2D eigenvalue weighted by Crippen LogP contribution is 2.38. The SMILES string of the molecule is COc1cc(OC(F)(F)F)ccc1Oc1cncc(OC)c1C(=O)OCl. The first-order chi connectivity index (χ1) is 12.3. The van der Waals surface area contributed by atoms with Crippen LogP contribution in [0.5, 0.6) is 28.7 Å². The number of methoxy groups -OCH3 is 2. The van der Waals surface area contributed by atoms with Gasteiger partial charge in [-0.15, -0.1) is 13.2 Å². The molecule has 26 heavy (non-hydrogen) atoms. The Bertz CT molecular complexity index is 799. The fourth-order valence-corrected chi connectivity index (χ4v) is 2.02. The molecule has 0 spiro atoms. The van der Waals surface area contributed by atoms with Gasteiger partial charge >= 0.3 is 12.3 Å². The number of nitrogens with zero attached hydrogens (tertiary/aromatic N) is 1. The summed E-state index contributed by atoms with van der Waals surface area (Å²) in [6.45, 7) is 0. The van der Waals surface area contributed by atoms with E-state index in [1.54, 1.807) is 0 Å². The Balaban J connectivity index is 2.41. The normalized spacial score (nSPS) is 10.8. The molecule has 0 N–H and O–H groups in total. The minimum absolute atomic E-state index is 0.0132. The Kier molecular flexibility index (Phi) is 5.98. The predicted molar refractivity (Wildman–Crippen MR) is 81.8 cm³/mol. The van der Waals surface area contributed by atoms with Crippen molar-refractivity contribution in [3.63, 3.8) is 0 Å². The van der Waals surface area contributed by atoms with E-state index in [2.05, 4.69) is 14.0 Å². The zero-order valence-electron chi connectivity index (χ0n) is 13.3. The van der Waals surface area contributed by atoms with E-state index in [1.165, 1.54) is 26.6 Å². The third-order valence-corrected chi connectivity index (χ3v) is 3.10. The first-order valence-electron chi connectivity index (χ1n) is 6.75. The van der Waals surface area contributed by atoms with Crippen molar-refractivity contribution >= 4 is 17.8 Å². The highest BCUT2D eigenvalue weighted by atomic mass is 35.5. The average molecular weight is 394 g/mol. The second-order valence-electron chi connectivity index (χ2n) is 4.54. The Labute approximate surface area is 150 Å². The number of benzene rings is 1. The van der Waals surface area contributed by atoms with E-state index in [1.807, 2.05) is 0 Å². The number of aromatic nitrogens is 1. The summed E-state index contributed by atoms with van der Waals surface area (Å²) in [5.41, 5.74) is -0.171. The lowest BCUT2D eigenvalue weighted by atomic mass is 10.2. The van der Waals surface area contributed by atoms with Gasteiger partial charge in [-0.3, -0.25) is 4.98 Å². The first-order valence-corrected chi connectivity index (χ1v) is 7.06. The summed E-state index contributed by atoms with van der Waals surface area (Å²) < 4.78 is 60.4. The van der Waals surface area contributed by atoms with Crippen molar-refractivity contribution in [2.75, 3.05) is 14.2 Å². The van der Waals surface area contributed by atoms with Crippen LogP contribution in [-0.4, -0.2) is 31.5 Å². The first kappa shape index (κ1) is 19.4. The van der Waals surface area contributed by atoms with Crippen molar-refractivity contribution in [1.82, 2.24) is 4.98 Å². The Morgan fingerprint density at radius 1 is 1.04 bits per heavy atom. The van der Waals surface area contributed by atoms with Gasteiger partial charge in [0.1, 0.15) is 23.2 Å². The summed E-state index contributed by atoms with van der Waals surface area (Å²) in [5, 5.41) is 0. The lowest BCUT2D eigenvalue weighted by molar-refractivity contribution is -0.274. The van der Waals surface area contributed by atoms with Gasteiger partial charge in [0.25, 0.3) is 0 Å². The second-order valence-corrected chi connectivity index (χ2v) is 4.70. The average Bonchev–Trinajstić information content (AvgIpc) is 2.60. The number of alkyl halides is 3. The molecule has 1 aromatic carbocycles. The number of rotatable bonds is 6. The van der Waals surface area contributed by atoms with Crippen molar-refractivity contribution < 1.29 is 41.2 Å². The molecule has 2 rings (SSSR count). The summed E-state index contributed by atoms with van der Waals surface area (Å²) in [4.78, 5) is 15.7. The van der Waals surface area contributed by atoms with E-state index in [9.17, 15) is 18.0 Å². The zero-order valence-corrected chi connectivity index (χ0v) is 14.1. The fourth-order valence-electron chi connectivity index (χ4n) is 1.94. The minimum atomic E-state index is -4.86. The molecule has 7 nitrogen and oxygen atoms in total. The van der Waals surface area contributed by atoms with E-state index in [0.717, 1.165) is 18.2 Å². The Morgan fingerprint density at radius 3 is 2.27 bits per heavy atom.